The Bertz CT molecular complexity index is 1400. The van der Waals surface area contributed by atoms with Gasteiger partial charge in [0.05, 0.1) is 16.6 Å². The highest BCUT2D eigenvalue weighted by atomic mass is 19.4. The van der Waals surface area contributed by atoms with Crippen molar-refractivity contribution in [3.8, 4) is 5.69 Å². The van der Waals surface area contributed by atoms with E-state index in [0.717, 1.165) is 17.8 Å². The van der Waals surface area contributed by atoms with Crippen molar-refractivity contribution in [3.63, 3.8) is 0 Å². The number of hydrogen-bond donors (Lipinski definition) is 0. The lowest BCUT2D eigenvalue weighted by molar-refractivity contribution is -0.141. The standard InChI is InChI=1S/C26H22F3N3O/c1-25(2,3)18-7-6-8-19(15-18)32-23(31-21-10-5-4-9-20(21)24(32)33)14-12-17-11-13-22(30-16-17)26(27,28)29/h4-16H,1-3H3/b14-12+. The van der Waals surface area contributed by atoms with Crippen LogP contribution in [-0.2, 0) is 11.6 Å². The van der Waals surface area contributed by atoms with E-state index >= 15 is 0 Å². The molecule has 0 amide bonds. The summed E-state index contributed by atoms with van der Waals surface area (Å²) in [7, 11) is 0. The quantitative estimate of drug-likeness (QED) is 0.371. The fourth-order valence-corrected chi connectivity index (χ4v) is 3.47. The van der Waals surface area contributed by atoms with Gasteiger partial charge in [0.15, 0.2) is 0 Å². The first kappa shape index (κ1) is 22.5. The van der Waals surface area contributed by atoms with Crippen LogP contribution >= 0.6 is 0 Å². The minimum Gasteiger partial charge on any atom is -0.268 e. The minimum atomic E-state index is -4.50. The molecule has 4 nitrogen and oxygen atoms in total. The van der Waals surface area contributed by atoms with E-state index in [1.54, 1.807) is 36.4 Å². The normalized spacial score (nSPS) is 12.5. The maximum Gasteiger partial charge on any atom is 0.433 e. The Kier molecular flexibility index (Phi) is 5.66. The van der Waals surface area contributed by atoms with Gasteiger partial charge in [-0.15, -0.1) is 0 Å². The molecule has 0 N–H and O–H groups in total. The number of para-hydroxylation sites is 1. The summed E-state index contributed by atoms with van der Waals surface area (Å²) < 4.78 is 39.9. The van der Waals surface area contributed by atoms with Gasteiger partial charge < -0.3 is 0 Å². The first-order valence-electron chi connectivity index (χ1n) is 10.4. The van der Waals surface area contributed by atoms with Gasteiger partial charge in [0.25, 0.3) is 5.56 Å². The predicted octanol–water partition coefficient (Wildman–Crippen LogP) is 6.27. The van der Waals surface area contributed by atoms with Gasteiger partial charge in [-0.25, -0.2) is 4.98 Å². The van der Waals surface area contributed by atoms with Gasteiger partial charge in [0.2, 0.25) is 0 Å². The number of pyridine rings is 1. The number of alkyl halides is 3. The molecule has 0 fully saturated rings. The molecule has 0 unspecified atom stereocenters. The van der Waals surface area contributed by atoms with Crippen LogP contribution < -0.4 is 5.56 Å². The first-order chi connectivity index (χ1) is 15.5. The summed E-state index contributed by atoms with van der Waals surface area (Å²) in [5.74, 6) is 0.365. The lowest BCUT2D eigenvalue weighted by atomic mass is 9.87. The fourth-order valence-electron chi connectivity index (χ4n) is 3.47. The molecule has 0 atom stereocenters. The van der Waals surface area contributed by atoms with Gasteiger partial charge in [-0.05, 0) is 59.0 Å². The van der Waals surface area contributed by atoms with E-state index < -0.39 is 11.9 Å². The Balaban J connectivity index is 1.86. The van der Waals surface area contributed by atoms with E-state index in [2.05, 4.69) is 30.7 Å². The van der Waals surface area contributed by atoms with Crippen LogP contribution in [0.2, 0.25) is 0 Å². The smallest absolute Gasteiger partial charge is 0.268 e. The molecule has 0 aliphatic heterocycles. The first-order valence-corrected chi connectivity index (χ1v) is 10.4. The number of halogens is 3. The molecule has 168 valence electrons. The molecule has 2 heterocycles. The Labute approximate surface area is 189 Å². The Morgan fingerprint density at radius 3 is 2.33 bits per heavy atom. The van der Waals surface area contributed by atoms with E-state index in [1.807, 2.05) is 24.3 Å². The van der Waals surface area contributed by atoms with Crippen molar-refractivity contribution in [2.75, 3.05) is 0 Å². The Hall–Kier alpha value is -3.74. The van der Waals surface area contributed by atoms with Crippen molar-refractivity contribution in [2.24, 2.45) is 0 Å². The van der Waals surface area contributed by atoms with Crippen LogP contribution in [0.3, 0.4) is 0 Å². The average Bonchev–Trinajstić information content (AvgIpc) is 2.77. The van der Waals surface area contributed by atoms with E-state index in [-0.39, 0.29) is 11.0 Å². The van der Waals surface area contributed by atoms with E-state index in [4.69, 9.17) is 0 Å². The number of hydrogen-bond acceptors (Lipinski definition) is 3. The molecule has 2 aromatic carbocycles. The molecular weight excluding hydrogens is 427 g/mol. The maximum absolute atomic E-state index is 13.4. The fraction of sp³-hybridized carbons (Fsp3) is 0.192. The second-order valence-electron chi connectivity index (χ2n) is 8.74. The van der Waals surface area contributed by atoms with Crippen LogP contribution in [0.4, 0.5) is 13.2 Å². The lowest BCUT2D eigenvalue weighted by Crippen LogP contribution is -2.23. The highest BCUT2D eigenvalue weighted by Gasteiger charge is 2.31. The monoisotopic (exact) mass is 449 g/mol. The van der Waals surface area contributed by atoms with Crippen molar-refractivity contribution in [1.82, 2.24) is 14.5 Å². The van der Waals surface area contributed by atoms with Crippen LogP contribution in [0.5, 0.6) is 0 Å². The zero-order valence-electron chi connectivity index (χ0n) is 18.4. The lowest BCUT2D eigenvalue weighted by Gasteiger charge is -2.20. The molecule has 7 heteroatoms. The van der Waals surface area contributed by atoms with Crippen molar-refractivity contribution in [3.05, 3.63) is 99.9 Å². The van der Waals surface area contributed by atoms with Crippen molar-refractivity contribution < 1.29 is 13.2 Å². The number of fused-ring (bicyclic) bond motifs is 1. The summed E-state index contributed by atoms with van der Waals surface area (Å²) in [4.78, 5) is 21.6. The third-order valence-electron chi connectivity index (χ3n) is 5.27. The highest BCUT2D eigenvalue weighted by Crippen LogP contribution is 2.28. The van der Waals surface area contributed by atoms with E-state index in [9.17, 15) is 18.0 Å². The topological polar surface area (TPSA) is 47.8 Å². The van der Waals surface area contributed by atoms with Gasteiger partial charge in [-0.1, -0.05) is 51.1 Å². The molecule has 4 aromatic rings. The number of aromatic nitrogens is 3. The van der Waals surface area contributed by atoms with Crippen LogP contribution in [-0.4, -0.2) is 14.5 Å². The van der Waals surface area contributed by atoms with Gasteiger partial charge >= 0.3 is 6.18 Å². The number of rotatable bonds is 3. The molecule has 33 heavy (non-hydrogen) atoms. The second kappa shape index (κ2) is 8.31. The van der Waals surface area contributed by atoms with Crippen LogP contribution in [0.1, 0.15) is 43.4 Å². The zero-order chi connectivity index (χ0) is 23.8. The number of benzene rings is 2. The largest absolute Gasteiger partial charge is 0.433 e. The zero-order valence-corrected chi connectivity index (χ0v) is 18.4. The van der Waals surface area contributed by atoms with Gasteiger partial charge in [-0.2, -0.15) is 13.2 Å². The summed E-state index contributed by atoms with van der Waals surface area (Å²) >= 11 is 0. The van der Waals surface area contributed by atoms with Crippen LogP contribution in [0, 0.1) is 0 Å². The highest BCUT2D eigenvalue weighted by molar-refractivity contribution is 5.80. The molecule has 0 saturated heterocycles. The summed E-state index contributed by atoms with van der Waals surface area (Å²) in [6, 6.07) is 17.0. The van der Waals surface area contributed by atoms with Crippen LogP contribution in [0.25, 0.3) is 28.7 Å². The molecule has 0 aliphatic rings. The third-order valence-corrected chi connectivity index (χ3v) is 5.27. The molecule has 2 aromatic heterocycles. The van der Waals surface area contributed by atoms with Crippen molar-refractivity contribution in [1.29, 1.82) is 0 Å². The third kappa shape index (κ3) is 4.72. The van der Waals surface area contributed by atoms with Crippen molar-refractivity contribution >= 4 is 23.1 Å². The average molecular weight is 449 g/mol. The van der Waals surface area contributed by atoms with E-state index in [1.165, 1.54) is 10.6 Å². The summed E-state index contributed by atoms with van der Waals surface area (Å²) in [6.45, 7) is 6.27. The molecule has 0 radical (unpaired) electrons. The SMILES string of the molecule is CC(C)(C)c1cccc(-n2c(/C=C/c3ccc(C(F)(F)F)nc3)nc3ccccc3c2=O)c1. The molecule has 0 saturated carbocycles. The molecule has 0 spiro atoms. The number of nitrogens with zero attached hydrogens (tertiary/aromatic N) is 3. The molecular formula is C26H22F3N3O. The summed E-state index contributed by atoms with van der Waals surface area (Å²) in [5.41, 5.74) is 1.41. The predicted molar refractivity (Wildman–Crippen MR) is 124 cm³/mol. The molecule has 0 bridgehead atoms. The Morgan fingerprint density at radius 1 is 0.909 bits per heavy atom. The molecule has 4 rings (SSSR count). The second-order valence-corrected chi connectivity index (χ2v) is 8.74. The summed E-state index contributed by atoms with van der Waals surface area (Å²) in [6.07, 6.45) is -0.153. The van der Waals surface area contributed by atoms with Gasteiger partial charge in [0.1, 0.15) is 11.5 Å². The van der Waals surface area contributed by atoms with Gasteiger partial charge in [0, 0.05) is 6.20 Å². The van der Waals surface area contributed by atoms with Gasteiger partial charge in [-0.3, -0.25) is 14.3 Å². The van der Waals surface area contributed by atoms with Crippen molar-refractivity contribution in [2.45, 2.75) is 32.4 Å². The Morgan fingerprint density at radius 2 is 1.67 bits per heavy atom. The molecule has 0 aliphatic carbocycles. The van der Waals surface area contributed by atoms with E-state index in [0.29, 0.717) is 28.0 Å². The minimum absolute atomic E-state index is 0.119. The maximum atomic E-state index is 13.4. The summed E-state index contributed by atoms with van der Waals surface area (Å²) in [5, 5.41) is 0.479. The van der Waals surface area contributed by atoms with Crippen LogP contribution in [0.15, 0.2) is 71.7 Å².